The molecule has 0 aromatic heterocycles. The number of rotatable bonds is 0. The van der Waals surface area contributed by atoms with Crippen LogP contribution >= 0.6 is 0 Å². The van der Waals surface area contributed by atoms with E-state index in [1.807, 2.05) is 0 Å². The average molecular weight is 96.1 g/mol. The van der Waals surface area contributed by atoms with Gasteiger partial charge in [-0.2, -0.15) is 0 Å². The topological polar surface area (TPSA) is 121 Å². The van der Waals surface area contributed by atoms with Gasteiger partial charge in [0.1, 0.15) is 0 Å². The van der Waals surface area contributed by atoms with Gasteiger partial charge in [0, 0.05) is 0 Å². The molecule has 40 valence electrons. The first-order chi connectivity index (χ1) is 2.41. The fourth-order valence-electron chi connectivity index (χ4n) is 0. The van der Waals surface area contributed by atoms with Crippen molar-refractivity contribution in [1.29, 1.82) is 0 Å². The summed E-state index contributed by atoms with van der Waals surface area (Å²) in [4.78, 5) is 8.36. The first-order valence-corrected chi connectivity index (χ1v) is 0.827. The van der Waals surface area contributed by atoms with Crippen molar-refractivity contribution in [2.45, 2.75) is 0 Å². The summed E-state index contributed by atoms with van der Waals surface area (Å²) in [5.74, 6) is 8.00. The molecule has 0 aromatic rings. The van der Waals surface area contributed by atoms with E-state index >= 15 is 0 Å². The molecule has 0 saturated heterocycles. The maximum Gasteiger partial charge on any atom is 0.290 e. The molecule has 7 N–H and O–H groups in total. The molecule has 5 nitrogen and oxygen atoms in total. The molecule has 0 spiro atoms. The zero-order valence-corrected chi connectivity index (χ0v) is 3.09. The normalized spacial score (nSPS) is 3.00. The molecule has 0 aromatic carbocycles. The molecular weight excluding hydrogens is 88.0 g/mol. The van der Waals surface area contributed by atoms with Gasteiger partial charge in [-0.3, -0.25) is 16.5 Å². The zero-order valence-electron chi connectivity index (χ0n) is 3.09. The summed E-state index contributed by atoms with van der Waals surface area (Å²) in [7, 11) is 0. The average Bonchev–Trinajstić information content (AvgIpc) is 1.46. The molecule has 0 aliphatic heterocycles. The highest BCUT2D eigenvalue weighted by Crippen LogP contribution is 0.966. The van der Waals surface area contributed by atoms with Gasteiger partial charge in [-0.25, -0.2) is 0 Å². The molecule has 0 atom stereocenters. The van der Waals surface area contributed by atoms with Crippen LogP contribution < -0.4 is 11.7 Å². The summed E-state index contributed by atoms with van der Waals surface area (Å²) >= 11 is 0. The van der Waals surface area contributed by atoms with Gasteiger partial charge < -0.3 is 10.6 Å². The molecule has 0 fully saturated rings. The van der Waals surface area contributed by atoms with Crippen LogP contribution in [0.15, 0.2) is 0 Å². The molecule has 0 bridgehead atoms. The van der Waals surface area contributed by atoms with Crippen LogP contribution in [0.25, 0.3) is 0 Å². The molecular formula is CH8N2O3. The molecule has 0 unspecified atom stereocenters. The summed E-state index contributed by atoms with van der Waals surface area (Å²) in [6, 6.07) is 0. The quantitative estimate of drug-likeness (QED) is 0.178. The first-order valence-electron chi connectivity index (χ1n) is 0.827. The van der Waals surface area contributed by atoms with E-state index in [2.05, 4.69) is 11.7 Å². The Bertz CT molecular complexity index is 16.3. The second kappa shape index (κ2) is 399. The van der Waals surface area contributed by atoms with E-state index in [1.54, 1.807) is 0 Å². The number of carbonyl (C=O) groups is 1. The van der Waals surface area contributed by atoms with Crippen molar-refractivity contribution in [2.24, 2.45) is 11.7 Å². The summed E-state index contributed by atoms with van der Waals surface area (Å²) in [6.45, 7) is -0.250. The van der Waals surface area contributed by atoms with Gasteiger partial charge in [0.25, 0.3) is 6.47 Å². The third-order valence-corrected chi connectivity index (χ3v) is 0. The van der Waals surface area contributed by atoms with Gasteiger partial charge in [0.15, 0.2) is 0 Å². The fraction of sp³-hybridized carbons (Fsp3) is 0. The monoisotopic (exact) mass is 96.1 g/mol. The van der Waals surface area contributed by atoms with Crippen LogP contribution in [0.2, 0.25) is 0 Å². The van der Waals surface area contributed by atoms with Crippen molar-refractivity contribution in [3.8, 4) is 0 Å². The lowest BCUT2D eigenvalue weighted by molar-refractivity contribution is -0.122. The Morgan fingerprint density at radius 1 is 1.50 bits per heavy atom. The highest BCUT2D eigenvalue weighted by atomic mass is 16.3. The maximum atomic E-state index is 8.36. The van der Waals surface area contributed by atoms with Gasteiger partial charge >= 0.3 is 0 Å². The van der Waals surface area contributed by atoms with E-state index in [4.69, 9.17) is 9.90 Å². The lowest BCUT2D eigenvalue weighted by Crippen LogP contribution is -2.02. The molecule has 0 aliphatic rings. The van der Waals surface area contributed by atoms with Crippen molar-refractivity contribution >= 4 is 6.47 Å². The molecule has 0 saturated carbocycles. The molecule has 0 radical (unpaired) electrons. The second-order valence-electron chi connectivity index (χ2n) is 0.105. The van der Waals surface area contributed by atoms with Crippen LogP contribution in [-0.4, -0.2) is 17.1 Å². The Balaban J connectivity index is -0.0000000275. The summed E-state index contributed by atoms with van der Waals surface area (Å²) < 4.78 is 0. The van der Waals surface area contributed by atoms with E-state index in [-0.39, 0.29) is 11.9 Å². The van der Waals surface area contributed by atoms with Crippen LogP contribution in [0, 0.1) is 0 Å². The van der Waals surface area contributed by atoms with Crippen LogP contribution in [-0.2, 0) is 4.79 Å². The number of hydrogen-bond acceptors (Lipinski definition) is 3. The van der Waals surface area contributed by atoms with Crippen molar-refractivity contribution in [3.05, 3.63) is 0 Å². The van der Waals surface area contributed by atoms with Crippen molar-refractivity contribution in [2.75, 3.05) is 0 Å². The van der Waals surface area contributed by atoms with E-state index < -0.39 is 0 Å². The summed E-state index contributed by atoms with van der Waals surface area (Å²) in [5, 5.41) is 6.89. The Kier molecular flexibility index (Phi) is 1220. The highest BCUT2D eigenvalue weighted by molar-refractivity contribution is 5.32. The largest absolute Gasteiger partial charge is 0.483 e. The molecule has 6 heavy (non-hydrogen) atoms. The summed E-state index contributed by atoms with van der Waals surface area (Å²) in [6.07, 6.45) is 0. The van der Waals surface area contributed by atoms with Crippen LogP contribution in [0.1, 0.15) is 0 Å². The van der Waals surface area contributed by atoms with Crippen LogP contribution in [0.5, 0.6) is 0 Å². The minimum atomic E-state index is -0.250. The number of nitrogens with two attached hydrogens (primary N) is 2. The number of hydrogen-bond donors (Lipinski definition) is 3. The van der Waals surface area contributed by atoms with Gasteiger partial charge in [0.2, 0.25) is 0 Å². The van der Waals surface area contributed by atoms with E-state index in [1.165, 1.54) is 0 Å². The van der Waals surface area contributed by atoms with Gasteiger partial charge in [-0.15, -0.1) is 0 Å². The van der Waals surface area contributed by atoms with Crippen LogP contribution in [0.4, 0.5) is 0 Å². The van der Waals surface area contributed by atoms with E-state index in [0.29, 0.717) is 0 Å². The standard InChI is InChI=1S/CH2O2.H4N2.H2O/c2-1-3;1-2;/h1H,(H,2,3);1-2H2;1H2. The summed E-state index contributed by atoms with van der Waals surface area (Å²) in [5.41, 5.74) is 0. The zero-order chi connectivity index (χ0) is 4.71. The highest BCUT2D eigenvalue weighted by Gasteiger charge is 1.22. The number of carboxylic acid groups (broad SMARTS) is 1. The minimum absolute atomic E-state index is 0. The van der Waals surface area contributed by atoms with Crippen molar-refractivity contribution in [3.63, 3.8) is 0 Å². The number of hydrazine groups is 1. The minimum Gasteiger partial charge on any atom is -0.483 e. The molecule has 0 aliphatic carbocycles. The predicted octanol–water partition coefficient (Wildman–Crippen LogP) is -2.31. The Morgan fingerprint density at radius 3 is 1.50 bits per heavy atom. The van der Waals surface area contributed by atoms with E-state index in [0.717, 1.165) is 0 Å². The Hall–Kier alpha value is -0.650. The maximum absolute atomic E-state index is 8.36. The lowest BCUT2D eigenvalue weighted by atomic mass is 11.7. The smallest absolute Gasteiger partial charge is 0.290 e. The molecule has 0 rings (SSSR count). The molecule has 0 heterocycles. The molecule has 5 heteroatoms. The van der Waals surface area contributed by atoms with E-state index in [9.17, 15) is 0 Å². The second-order valence-corrected chi connectivity index (χ2v) is 0.105. The molecule has 0 amide bonds. The first kappa shape index (κ1) is 18.3. The van der Waals surface area contributed by atoms with Crippen molar-refractivity contribution in [1.82, 2.24) is 0 Å². The van der Waals surface area contributed by atoms with Gasteiger partial charge in [0.05, 0.1) is 0 Å². The third kappa shape index (κ3) is 43.8. The fourth-order valence-corrected chi connectivity index (χ4v) is 0. The SMILES string of the molecule is NN.O.O=CO. The van der Waals surface area contributed by atoms with Crippen molar-refractivity contribution < 1.29 is 15.4 Å². The predicted molar refractivity (Wildman–Crippen MR) is 20.7 cm³/mol. The Morgan fingerprint density at radius 2 is 1.50 bits per heavy atom. The Labute approximate surface area is 34.8 Å². The van der Waals surface area contributed by atoms with Gasteiger partial charge in [-0.05, 0) is 0 Å². The lowest BCUT2D eigenvalue weighted by Gasteiger charge is -1.34. The van der Waals surface area contributed by atoms with Gasteiger partial charge in [-0.1, -0.05) is 0 Å². The van der Waals surface area contributed by atoms with Crippen LogP contribution in [0.3, 0.4) is 0 Å². The third-order valence-electron chi connectivity index (χ3n) is 0.